The summed E-state index contributed by atoms with van der Waals surface area (Å²) in [5, 5.41) is 25.5. The number of H-pyrrole nitrogens is 1. The summed E-state index contributed by atoms with van der Waals surface area (Å²) in [4.78, 5) is 17.4. The van der Waals surface area contributed by atoms with E-state index >= 15 is 0 Å². The predicted molar refractivity (Wildman–Crippen MR) is 138 cm³/mol. The SMILES string of the molecule is CCCCc1nc(Cl)c(CO)n1Cc1ccc(S(=O)(=O)N(C)[C@@H](CC(C)C)C(=O)Nc2nnn[nH]2)cc1. The maximum Gasteiger partial charge on any atom is 0.246 e. The maximum atomic E-state index is 13.4. The number of amides is 1. The zero-order valence-corrected chi connectivity index (χ0v) is 22.9. The van der Waals surface area contributed by atoms with Crippen LogP contribution in [0.25, 0.3) is 0 Å². The molecule has 1 aromatic carbocycles. The van der Waals surface area contributed by atoms with Crippen molar-refractivity contribution in [2.24, 2.45) is 5.92 Å². The van der Waals surface area contributed by atoms with Crippen LogP contribution in [-0.4, -0.2) is 67.0 Å². The molecule has 0 aliphatic carbocycles. The van der Waals surface area contributed by atoms with Gasteiger partial charge in [-0.1, -0.05) is 56.0 Å². The van der Waals surface area contributed by atoms with Crippen molar-refractivity contribution in [3.8, 4) is 0 Å². The standard InChI is InChI=1S/C23H33ClN8O4S/c1-5-6-7-20-25-21(24)19(14-33)32(20)13-16-8-10-17(11-9-16)37(35,36)31(4)18(12-15(2)3)22(34)26-23-27-29-30-28-23/h8-11,15,18,33H,5-7,12-14H2,1-4H3,(H2,26,27,28,29,30,34)/t18-/m0/s1. The number of halogens is 1. The number of benzene rings is 1. The lowest BCUT2D eigenvalue weighted by molar-refractivity contribution is -0.120. The Labute approximate surface area is 221 Å². The van der Waals surface area contributed by atoms with Crippen molar-refractivity contribution >= 4 is 33.5 Å². The molecule has 3 aromatic rings. The van der Waals surface area contributed by atoms with Crippen molar-refractivity contribution in [3.05, 3.63) is 46.5 Å². The number of carbonyl (C=O) groups excluding carboxylic acids is 1. The van der Waals surface area contributed by atoms with Crippen LogP contribution in [0, 0.1) is 5.92 Å². The van der Waals surface area contributed by atoms with Gasteiger partial charge in [-0.05, 0) is 46.9 Å². The number of hydrogen-bond donors (Lipinski definition) is 3. The molecule has 0 radical (unpaired) electrons. The molecule has 3 rings (SSSR count). The Morgan fingerprint density at radius 2 is 1.97 bits per heavy atom. The molecule has 0 unspecified atom stereocenters. The second-order valence-electron chi connectivity index (χ2n) is 9.16. The average Bonchev–Trinajstić information content (AvgIpc) is 3.47. The molecule has 1 atom stereocenters. The summed E-state index contributed by atoms with van der Waals surface area (Å²) in [6, 6.07) is 5.45. The first-order valence-corrected chi connectivity index (χ1v) is 13.9. The van der Waals surface area contributed by atoms with Gasteiger partial charge in [0.2, 0.25) is 21.9 Å². The number of aryl methyl sites for hydroxylation is 1. The summed E-state index contributed by atoms with van der Waals surface area (Å²) >= 11 is 6.23. The highest BCUT2D eigenvalue weighted by molar-refractivity contribution is 7.89. The number of aromatic nitrogens is 6. The van der Waals surface area contributed by atoms with Crippen LogP contribution in [0.5, 0.6) is 0 Å². The third-order valence-electron chi connectivity index (χ3n) is 5.97. The molecule has 0 bridgehead atoms. The molecule has 3 N–H and O–H groups in total. The minimum atomic E-state index is -4.00. The first-order valence-electron chi connectivity index (χ1n) is 12.0. The van der Waals surface area contributed by atoms with Crippen LogP contribution in [0.2, 0.25) is 5.15 Å². The zero-order valence-electron chi connectivity index (χ0n) is 21.3. The Morgan fingerprint density at radius 1 is 1.27 bits per heavy atom. The number of tetrazole rings is 1. The fraction of sp³-hybridized carbons (Fsp3) is 0.522. The van der Waals surface area contributed by atoms with Crippen molar-refractivity contribution in [3.63, 3.8) is 0 Å². The molecule has 0 saturated carbocycles. The normalized spacial score (nSPS) is 12.9. The molecule has 0 fully saturated rings. The quantitative estimate of drug-likeness (QED) is 0.292. The molecule has 202 valence electrons. The fourth-order valence-corrected chi connectivity index (χ4v) is 5.52. The van der Waals surface area contributed by atoms with E-state index in [1.807, 2.05) is 18.4 Å². The molecule has 0 spiro atoms. The Kier molecular flexibility index (Phi) is 9.76. The van der Waals surface area contributed by atoms with E-state index in [2.05, 4.69) is 37.8 Å². The topological polar surface area (TPSA) is 159 Å². The molecule has 0 aliphatic heterocycles. The van der Waals surface area contributed by atoms with Crippen LogP contribution in [0.1, 0.15) is 57.1 Å². The molecule has 1 amide bonds. The number of rotatable bonds is 13. The van der Waals surface area contributed by atoms with E-state index in [4.69, 9.17) is 11.6 Å². The van der Waals surface area contributed by atoms with Crippen molar-refractivity contribution in [1.82, 2.24) is 34.5 Å². The number of unbranched alkanes of at least 4 members (excludes halogenated alkanes) is 1. The first-order chi connectivity index (χ1) is 17.6. The van der Waals surface area contributed by atoms with Crippen LogP contribution < -0.4 is 5.32 Å². The lowest BCUT2D eigenvalue weighted by Crippen LogP contribution is -2.45. The monoisotopic (exact) mass is 552 g/mol. The largest absolute Gasteiger partial charge is 0.390 e. The highest BCUT2D eigenvalue weighted by Gasteiger charge is 2.34. The molecule has 2 aromatic heterocycles. The number of nitrogens with one attached hydrogen (secondary N) is 2. The minimum Gasteiger partial charge on any atom is -0.390 e. The molecule has 0 aliphatic rings. The van der Waals surface area contributed by atoms with Crippen LogP contribution in [0.3, 0.4) is 0 Å². The molecule has 37 heavy (non-hydrogen) atoms. The molecule has 14 heteroatoms. The number of aliphatic hydroxyl groups excluding tert-OH is 1. The number of hydrogen-bond acceptors (Lipinski definition) is 8. The van der Waals surface area contributed by atoms with E-state index in [9.17, 15) is 18.3 Å². The van der Waals surface area contributed by atoms with Gasteiger partial charge in [-0.3, -0.25) is 10.1 Å². The van der Waals surface area contributed by atoms with Crippen LogP contribution in [-0.2, 0) is 34.4 Å². The minimum absolute atomic E-state index is 0.0362. The van der Waals surface area contributed by atoms with Gasteiger partial charge in [0.1, 0.15) is 11.9 Å². The summed E-state index contributed by atoms with van der Waals surface area (Å²) in [7, 11) is -2.61. The van der Waals surface area contributed by atoms with Gasteiger partial charge in [0, 0.05) is 20.0 Å². The Bertz CT molecular complexity index is 1280. The van der Waals surface area contributed by atoms with Gasteiger partial charge in [-0.25, -0.2) is 18.5 Å². The molecular weight excluding hydrogens is 520 g/mol. The third-order valence-corrected chi connectivity index (χ3v) is 8.15. The number of imidazole rings is 1. The predicted octanol–water partition coefficient (Wildman–Crippen LogP) is 2.61. The average molecular weight is 553 g/mol. The molecule has 0 saturated heterocycles. The Balaban J connectivity index is 1.83. The number of likely N-dealkylation sites (N-methyl/N-ethyl adjacent to an activating group) is 1. The van der Waals surface area contributed by atoms with Crippen molar-refractivity contribution < 1.29 is 18.3 Å². The second-order valence-corrected chi connectivity index (χ2v) is 11.5. The third kappa shape index (κ3) is 6.92. The van der Waals surface area contributed by atoms with Gasteiger partial charge < -0.3 is 9.67 Å². The van der Waals surface area contributed by atoms with Gasteiger partial charge in [-0.2, -0.15) is 4.31 Å². The van der Waals surface area contributed by atoms with Gasteiger partial charge in [0.05, 0.1) is 17.2 Å². The fourth-order valence-electron chi connectivity index (χ4n) is 3.93. The summed E-state index contributed by atoms with van der Waals surface area (Å²) in [5.74, 6) is 0.322. The van der Waals surface area contributed by atoms with E-state index < -0.39 is 22.0 Å². The number of aliphatic hydroxyl groups is 1. The summed E-state index contributed by atoms with van der Waals surface area (Å²) in [6.45, 7) is 6.03. The zero-order chi connectivity index (χ0) is 27.2. The smallest absolute Gasteiger partial charge is 0.246 e. The van der Waals surface area contributed by atoms with E-state index in [-0.39, 0.29) is 28.5 Å². The van der Waals surface area contributed by atoms with Gasteiger partial charge >= 0.3 is 0 Å². The first kappa shape index (κ1) is 28.7. The van der Waals surface area contributed by atoms with Gasteiger partial charge in [0.15, 0.2) is 5.15 Å². The Morgan fingerprint density at radius 3 is 2.54 bits per heavy atom. The van der Waals surface area contributed by atoms with Crippen LogP contribution >= 0.6 is 11.6 Å². The highest BCUT2D eigenvalue weighted by Crippen LogP contribution is 2.24. The lowest BCUT2D eigenvalue weighted by atomic mass is 10.0. The lowest BCUT2D eigenvalue weighted by Gasteiger charge is -2.27. The van der Waals surface area contributed by atoms with Gasteiger partial charge in [0.25, 0.3) is 0 Å². The number of anilines is 1. The summed E-state index contributed by atoms with van der Waals surface area (Å²) < 4.78 is 29.8. The van der Waals surface area contributed by atoms with E-state index in [0.29, 0.717) is 18.7 Å². The molecule has 2 heterocycles. The summed E-state index contributed by atoms with van der Waals surface area (Å²) in [5.41, 5.74) is 1.34. The van der Waals surface area contributed by atoms with Crippen molar-refractivity contribution in [2.75, 3.05) is 12.4 Å². The second kappa shape index (κ2) is 12.6. The number of sulfonamides is 1. The van der Waals surface area contributed by atoms with Crippen molar-refractivity contribution in [2.45, 2.75) is 70.5 Å². The van der Waals surface area contributed by atoms with Crippen LogP contribution in [0.4, 0.5) is 5.95 Å². The number of carbonyl (C=O) groups is 1. The number of aromatic amines is 1. The van der Waals surface area contributed by atoms with Crippen LogP contribution in [0.15, 0.2) is 29.2 Å². The molecule has 12 nitrogen and oxygen atoms in total. The van der Waals surface area contributed by atoms with E-state index in [1.165, 1.54) is 19.2 Å². The maximum absolute atomic E-state index is 13.4. The van der Waals surface area contributed by atoms with E-state index in [1.54, 1.807) is 12.1 Å². The number of nitrogens with zero attached hydrogens (tertiary/aromatic N) is 6. The Hall–Kier alpha value is -2.87. The molecular formula is C23H33ClN8O4S. The van der Waals surface area contributed by atoms with Gasteiger partial charge in [-0.15, -0.1) is 0 Å². The van der Waals surface area contributed by atoms with E-state index in [0.717, 1.165) is 35.0 Å². The van der Waals surface area contributed by atoms with Crippen molar-refractivity contribution in [1.29, 1.82) is 0 Å². The highest BCUT2D eigenvalue weighted by atomic mass is 35.5. The summed E-state index contributed by atoms with van der Waals surface area (Å²) in [6.07, 6.45) is 2.94.